The van der Waals surface area contributed by atoms with Crippen LogP contribution in [0.3, 0.4) is 0 Å². The van der Waals surface area contributed by atoms with Gasteiger partial charge in [-0.2, -0.15) is 0 Å². The molecule has 0 fully saturated rings. The molecule has 1 aromatic heterocycles. The minimum absolute atomic E-state index is 0.0528. The highest BCUT2D eigenvalue weighted by Gasteiger charge is 2.37. The first-order chi connectivity index (χ1) is 14.7. The van der Waals surface area contributed by atoms with Crippen LogP contribution >= 0.6 is 0 Å². The van der Waals surface area contributed by atoms with Crippen molar-refractivity contribution in [3.63, 3.8) is 0 Å². The normalized spacial score (nSPS) is 15.3. The summed E-state index contributed by atoms with van der Waals surface area (Å²) in [5, 5.41) is 11.0. The quantitative estimate of drug-likeness (QED) is 0.296. The highest BCUT2D eigenvalue weighted by Crippen LogP contribution is 2.49. The number of rotatable bonds is 3. The predicted molar refractivity (Wildman–Crippen MR) is 109 cm³/mol. The van der Waals surface area contributed by atoms with Crippen molar-refractivity contribution in [2.75, 3.05) is 7.11 Å². The summed E-state index contributed by atoms with van der Waals surface area (Å²) < 4.78 is 15.5. The van der Waals surface area contributed by atoms with Crippen LogP contribution in [-0.2, 0) is 9.53 Å². The van der Waals surface area contributed by atoms with Crippen molar-refractivity contribution in [3.8, 4) is 11.5 Å². The number of phenols is 1. The molecule has 2 aromatic carbocycles. The van der Waals surface area contributed by atoms with Crippen molar-refractivity contribution < 1.29 is 33.4 Å². The molecule has 0 spiro atoms. The minimum Gasteiger partial charge on any atom is -0.506 e. The lowest BCUT2D eigenvalue weighted by Gasteiger charge is -2.28. The Bertz CT molecular complexity index is 1310. The molecule has 1 unspecified atom stereocenters. The number of aryl methyl sites for hydroxylation is 1. The maximum absolute atomic E-state index is 12.4. The lowest BCUT2D eigenvalue weighted by Crippen LogP contribution is -2.23. The maximum Gasteiger partial charge on any atom is 0.337 e. The summed E-state index contributed by atoms with van der Waals surface area (Å²) in [6.07, 6.45) is -0.0839. The van der Waals surface area contributed by atoms with Gasteiger partial charge in [0.05, 0.1) is 24.5 Å². The third-order valence-corrected chi connectivity index (χ3v) is 5.37. The third kappa shape index (κ3) is 3.26. The number of phenolic OH excluding ortho intramolecular Hbond substituents is 1. The second-order valence-corrected chi connectivity index (χ2v) is 7.32. The minimum atomic E-state index is -0.640. The molecule has 158 valence electrons. The number of benzene rings is 2. The molecule has 2 heterocycles. The first-order valence-corrected chi connectivity index (χ1v) is 9.46. The zero-order valence-corrected chi connectivity index (χ0v) is 17.0. The van der Waals surface area contributed by atoms with E-state index in [9.17, 15) is 24.3 Å². The first kappa shape index (κ1) is 20.3. The molecule has 4 rings (SSSR count). The molecule has 31 heavy (non-hydrogen) atoms. The second-order valence-electron chi connectivity index (χ2n) is 7.32. The molecular weight excluding hydrogens is 404 g/mol. The predicted octanol–water partition coefficient (Wildman–Crippen LogP) is 3.24. The van der Waals surface area contributed by atoms with Crippen LogP contribution in [0.15, 0.2) is 39.5 Å². The van der Waals surface area contributed by atoms with Crippen LogP contribution in [0.5, 0.6) is 11.5 Å². The van der Waals surface area contributed by atoms with Crippen molar-refractivity contribution in [1.82, 2.24) is 0 Å². The molecule has 0 bridgehead atoms. The number of methoxy groups -OCH3 is 1. The van der Waals surface area contributed by atoms with Crippen LogP contribution in [0.25, 0.3) is 11.0 Å². The summed E-state index contributed by atoms with van der Waals surface area (Å²) in [6.45, 7) is 2.86. The number of Topliss-reactive ketones (excluding diaryl/α,β-unsaturated/α-hetero) is 1. The van der Waals surface area contributed by atoms with E-state index < -0.39 is 35.0 Å². The summed E-state index contributed by atoms with van der Waals surface area (Å²) in [5.41, 5.74) is 0.970. The Hall–Kier alpha value is -3.94. The molecule has 3 aromatic rings. The van der Waals surface area contributed by atoms with Crippen LogP contribution < -0.4 is 10.4 Å². The summed E-state index contributed by atoms with van der Waals surface area (Å²) in [5.74, 6) is -2.77. The van der Waals surface area contributed by atoms with Crippen LogP contribution in [0.2, 0.25) is 0 Å². The van der Waals surface area contributed by atoms with E-state index in [2.05, 4.69) is 0 Å². The van der Waals surface area contributed by atoms with Gasteiger partial charge in [-0.05, 0) is 37.1 Å². The molecule has 8 heteroatoms. The zero-order chi connectivity index (χ0) is 22.4. The van der Waals surface area contributed by atoms with Crippen molar-refractivity contribution in [1.29, 1.82) is 0 Å². The van der Waals surface area contributed by atoms with Gasteiger partial charge in [0.2, 0.25) is 0 Å². The number of hydrogen-bond acceptors (Lipinski definition) is 8. The van der Waals surface area contributed by atoms with E-state index in [1.165, 1.54) is 20.1 Å². The van der Waals surface area contributed by atoms with Crippen molar-refractivity contribution in [2.24, 2.45) is 0 Å². The fourth-order valence-electron chi connectivity index (χ4n) is 3.99. The fraction of sp³-hybridized carbons (Fsp3) is 0.217. The molecule has 1 aliphatic heterocycles. The van der Waals surface area contributed by atoms with Gasteiger partial charge in [-0.1, -0.05) is 12.1 Å². The summed E-state index contributed by atoms with van der Waals surface area (Å²) >= 11 is 0. The van der Waals surface area contributed by atoms with Crippen molar-refractivity contribution >= 4 is 28.7 Å². The molecule has 8 nitrogen and oxygen atoms in total. The molecular formula is C23H18O8. The average molecular weight is 422 g/mol. The summed E-state index contributed by atoms with van der Waals surface area (Å²) in [6, 6.07) is 7.62. The van der Waals surface area contributed by atoms with Gasteiger partial charge in [0.25, 0.3) is 0 Å². The van der Waals surface area contributed by atoms with E-state index in [1.807, 2.05) is 0 Å². The number of hydrogen-bond donors (Lipinski definition) is 1. The average Bonchev–Trinajstić information content (AvgIpc) is 2.71. The van der Waals surface area contributed by atoms with E-state index >= 15 is 0 Å². The number of carbonyl (C=O) groups excluding carboxylic acids is 3. The van der Waals surface area contributed by atoms with Gasteiger partial charge >= 0.3 is 17.6 Å². The lowest BCUT2D eigenvalue weighted by molar-refractivity contribution is -0.135. The maximum atomic E-state index is 12.4. The fourth-order valence-corrected chi connectivity index (χ4v) is 3.99. The Labute approximate surface area is 176 Å². The number of ketones is 1. The van der Waals surface area contributed by atoms with Crippen LogP contribution in [-0.4, -0.2) is 29.9 Å². The molecule has 1 atom stereocenters. The lowest BCUT2D eigenvalue weighted by atomic mass is 9.82. The molecule has 1 N–H and O–H groups in total. The largest absolute Gasteiger partial charge is 0.506 e. The number of fused-ring (bicyclic) bond motifs is 3. The highest BCUT2D eigenvalue weighted by molar-refractivity contribution is 6.09. The van der Waals surface area contributed by atoms with Crippen LogP contribution in [0.1, 0.15) is 56.7 Å². The molecule has 0 saturated carbocycles. The van der Waals surface area contributed by atoms with Gasteiger partial charge in [0.1, 0.15) is 16.9 Å². The number of esters is 2. The van der Waals surface area contributed by atoms with E-state index in [0.29, 0.717) is 22.3 Å². The highest BCUT2D eigenvalue weighted by atomic mass is 16.5. The number of aromatic hydroxyl groups is 1. The SMILES string of the molecule is COC(=O)c1ccc(C2CC(=O)Oc3c(C(C)=O)c(O)c4c(C)cc(=O)oc4c32)cc1. The Morgan fingerprint density at radius 1 is 1.16 bits per heavy atom. The first-order valence-electron chi connectivity index (χ1n) is 9.46. The Morgan fingerprint density at radius 3 is 2.45 bits per heavy atom. The molecule has 1 aliphatic rings. The summed E-state index contributed by atoms with van der Waals surface area (Å²) in [7, 11) is 1.27. The van der Waals surface area contributed by atoms with E-state index in [4.69, 9.17) is 13.9 Å². The topological polar surface area (TPSA) is 120 Å². The molecule has 0 saturated heterocycles. The van der Waals surface area contributed by atoms with Gasteiger partial charge < -0.3 is 19.0 Å². The second kappa shape index (κ2) is 7.39. The van der Waals surface area contributed by atoms with Gasteiger partial charge in [-0.25, -0.2) is 9.59 Å². The number of ether oxygens (including phenoxy) is 2. The Kier molecular flexibility index (Phi) is 4.85. The van der Waals surface area contributed by atoms with E-state index in [1.54, 1.807) is 31.2 Å². The number of carbonyl (C=O) groups is 3. The third-order valence-electron chi connectivity index (χ3n) is 5.37. The van der Waals surface area contributed by atoms with Gasteiger partial charge in [-0.3, -0.25) is 9.59 Å². The molecule has 0 radical (unpaired) electrons. The standard InChI is InChI=1S/C23H18O8/c1-10-8-15(25)30-21-17(10)20(27)18(11(2)24)22-19(21)14(9-16(26)31-22)12-4-6-13(7-5-12)23(28)29-3/h4-8,14,27H,9H2,1-3H3. The van der Waals surface area contributed by atoms with Crippen LogP contribution in [0, 0.1) is 6.92 Å². The van der Waals surface area contributed by atoms with E-state index in [-0.39, 0.29) is 28.7 Å². The van der Waals surface area contributed by atoms with Crippen LogP contribution in [0.4, 0.5) is 0 Å². The zero-order valence-electron chi connectivity index (χ0n) is 17.0. The smallest absolute Gasteiger partial charge is 0.337 e. The van der Waals surface area contributed by atoms with Crippen molar-refractivity contribution in [3.05, 3.63) is 68.6 Å². The molecule has 0 amide bonds. The van der Waals surface area contributed by atoms with Gasteiger partial charge in [-0.15, -0.1) is 0 Å². The van der Waals surface area contributed by atoms with E-state index in [0.717, 1.165) is 0 Å². The summed E-state index contributed by atoms with van der Waals surface area (Å²) in [4.78, 5) is 48.6. The van der Waals surface area contributed by atoms with Crippen molar-refractivity contribution in [2.45, 2.75) is 26.2 Å². The monoisotopic (exact) mass is 422 g/mol. The van der Waals surface area contributed by atoms with Gasteiger partial charge in [0, 0.05) is 17.5 Å². The molecule has 0 aliphatic carbocycles. The Morgan fingerprint density at radius 2 is 1.84 bits per heavy atom. The van der Waals surface area contributed by atoms with Gasteiger partial charge in [0.15, 0.2) is 11.5 Å². The Balaban J connectivity index is 2.06.